The van der Waals surface area contributed by atoms with Gasteiger partial charge in [0, 0.05) is 19.5 Å². The summed E-state index contributed by atoms with van der Waals surface area (Å²) in [7, 11) is -2.88. The topological polar surface area (TPSA) is 67.3 Å². The van der Waals surface area contributed by atoms with E-state index in [1.54, 1.807) is 11.1 Å². The van der Waals surface area contributed by atoms with Gasteiger partial charge in [0.15, 0.2) is 9.84 Å². The molecule has 22 heavy (non-hydrogen) atoms. The zero-order chi connectivity index (χ0) is 16.1. The van der Waals surface area contributed by atoms with E-state index in [2.05, 4.69) is 25.8 Å². The second-order valence-electron chi connectivity index (χ2n) is 7.66. The van der Waals surface area contributed by atoms with Crippen LogP contribution in [0.3, 0.4) is 0 Å². The third kappa shape index (κ3) is 3.35. The van der Waals surface area contributed by atoms with Gasteiger partial charge < -0.3 is 4.90 Å². The summed E-state index contributed by atoms with van der Waals surface area (Å²) in [5, 5.41) is 0.984. The summed E-state index contributed by atoms with van der Waals surface area (Å²) < 4.78 is 23.2. The number of amides is 1. The van der Waals surface area contributed by atoms with Crippen molar-refractivity contribution in [3.63, 3.8) is 0 Å². The molecule has 1 amide bonds. The van der Waals surface area contributed by atoms with Crippen molar-refractivity contribution >= 4 is 27.1 Å². The minimum atomic E-state index is -2.88. The van der Waals surface area contributed by atoms with Crippen LogP contribution in [0, 0.1) is 17.3 Å². The zero-order valence-corrected chi connectivity index (χ0v) is 14.8. The molecule has 7 heteroatoms. The Balaban J connectivity index is 1.66. The third-order valence-corrected chi connectivity index (χ3v) is 7.10. The molecule has 0 spiro atoms. The molecule has 2 saturated heterocycles. The van der Waals surface area contributed by atoms with Crippen LogP contribution in [0.15, 0.2) is 6.20 Å². The maximum Gasteiger partial charge on any atom is 0.265 e. The van der Waals surface area contributed by atoms with E-state index in [0.29, 0.717) is 18.0 Å². The number of sulfone groups is 1. The Morgan fingerprint density at radius 2 is 1.91 bits per heavy atom. The number of likely N-dealkylation sites (tertiary alicyclic amines) is 1. The van der Waals surface area contributed by atoms with Gasteiger partial charge in [-0.25, -0.2) is 13.4 Å². The molecule has 5 nitrogen and oxygen atoms in total. The SMILES string of the molecule is CC(C)(C)Cc1ncc(C(=O)N2C[C@@H]3CS(=O)(=O)C[C@@H]3C2)s1. The molecule has 2 aliphatic heterocycles. The maximum absolute atomic E-state index is 12.6. The fraction of sp³-hybridized carbons (Fsp3) is 0.733. The van der Waals surface area contributed by atoms with Crippen molar-refractivity contribution in [3.05, 3.63) is 16.1 Å². The van der Waals surface area contributed by atoms with Gasteiger partial charge >= 0.3 is 0 Å². The van der Waals surface area contributed by atoms with Crippen LogP contribution >= 0.6 is 11.3 Å². The number of fused-ring (bicyclic) bond motifs is 1. The largest absolute Gasteiger partial charge is 0.337 e. The van der Waals surface area contributed by atoms with E-state index >= 15 is 0 Å². The minimum Gasteiger partial charge on any atom is -0.337 e. The number of carbonyl (C=O) groups is 1. The van der Waals surface area contributed by atoms with E-state index in [1.807, 2.05) is 0 Å². The molecule has 3 rings (SSSR count). The van der Waals surface area contributed by atoms with Crippen LogP contribution < -0.4 is 0 Å². The van der Waals surface area contributed by atoms with Crippen LogP contribution in [-0.4, -0.2) is 48.8 Å². The molecule has 0 aliphatic carbocycles. The summed E-state index contributed by atoms with van der Waals surface area (Å²) in [5.41, 5.74) is 0.150. The average molecular weight is 342 g/mol. The molecule has 1 aromatic heterocycles. The number of carbonyl (C=O) groups excluding carboxylic acids is 1. The van der Waals surface area contributed by atoms with Crippen LogP contribution in [-0.2, 0) is 16.3 Å². The van der Waals surface area contributed by atoms with E-state index in [-0.39, 0.29) is 34.7 Å². The lowest BCUT2D eigenvalue weighted by Crippen LogP contribution is -2.30. The monoisotopic (exact) mass is 342 g/mol. The summed E-state index contributed by atoms with van der Waals surface area (Å²) in [6.45, 7) is 7.58. The van der Waals surface area contributed by atoms with Gasteiger partial charge in [0.1, 0.15) is 4.88 Å². The van der Waals surface area contributed by atoms with Crippen LogP contribution in [0.25, 0.3) is 0 Å². The predicted molar refractivity (Wildman–Crippen MR) is 86.8 cm³/mol. The lowest BCUT2D eigenvalue weighted by molar-refractivity contribution is 0.0789. The molecule has 0 saturated carbocycles. The Bertz CT molecular complexity index is 668. The molecule has 122 valence electrons. The van der Waals surface area contributed by atoms with Gasteiger partial charge in [-0.2, -0.15) is 0 Å². The maximum atomic E-state index is 12.6. The van der Waals surface area contributed by atoms with Gasteiger partial charge in [-0.15, -0.1) is 11.3 Å². The van der Waals surface area contributed by atoms with Gasteiger partial charge in [-0.05, 0) is 17.3 Å². The van der Waals surface area contributed by atoms with E-state index in [1.165, 1.54) is 11.3 Å². The first kappa shape index (κ1) is 15.9. The number of hydrogen-bond donors (Lipinski definition) is 0. The van der Waals surface area contributed by atoms with Gasteiger partial charge in [0.2, 0.25) is 0 Å². The van der Waals surface area contributed by atoms with E-state index in [9.17, 15) is 13.2 Å². The summed E-state index contributed by atoms with van der Waals surface area (Å²) >= 11 is 1.46. The predicted octanol–water partition coefficient (Wildman–Crippen LogP) is 1.85. The molecular formula is C15H22N2O3S2. The molecule has 0 unspecified atom stereocenters. The minimum absolute atomic E-state index is 0.00413. The first-order valence-electron chi connectivity index (χ1n) is 7.57. The molecule has 2 aliphatic rings. The standard InChI is InChI=1S/C15H22N2O3S2/c1-15(2,3)4-13-16-5-12(21-13)14(18)17-6-10-8-22(19,20)9-11(10)7-17/h5,10-11H,4,6-9H2,1-3H3/t10-,11+. The summed E-state index contributed by atoms with van der Waals surface area (Å²) in [4.78, 5) is 19.4. The van der Waals surface area contributed by atoms with Crippen LogP contribution in [0.5, 0.6) is 0 Å². The number of hydrogen-bond acceptors (Lipinski definition) is 5. The molecule has 0 bridgehead atoms. The van der Waals surface area contributed by atoms with E-state index in [0.717, 1.165) is 11.4 Å². The fourth-order valence-electron chi connectivity index (χ4n) is 3.30. The second kappa shape index (κ2) is 5.30. The number of nitrogens with zero attached hydrogens (tertiary/aromatic N) is 2. The van der Waals surface area contributed by atoms with Crippen molar-refractivity contribution in [2.75, 3.05) is 24.6 Å². The van der Waals surface area contributed by atoms with Crippen LogP contribution in [0.1, 0.15) is 35.5 Å². The third-order valence-electron chi connectivity index (χ3n) is 4.25. The highest BCUT2D eigenvalue weighted by Crippen LogP contribution is 2.34. The van der Waals surface area contributed by atoms with Crippen LogP contribution in [0.4, 0.5) is 0 Å². The smallest absolute Gasteiger partial charge is 0.265 e. The van der Waals surface area contributed by atoms with Crippen molar-refractivity contribution in [3.8, 4) is 0 Å². The Hall–Kier alpha value is -0.950. The Morgan fingerprint density at radius 1 is 1.32 bits per heavy atom. The van der Waals surface area contributed by atoms with Gasteiger partial charge in [-0.1, -0.05) is 20.8 Å². The summed E-state index contributed by atoms with van der Waals surface area (Å²) in [5.74, 6) is 0.718. The molecule has 2 fully saturated rings. The quantitative estimate of drug-likeness (QED) is 0.822. The van der Waals surface area contributed by atoms with E-state index < -0.39 is 9.84 Å². The summed E-state index contributed by atoms with van der Waals surface area (Å²) in [6, 6.07) is 0. The van der Waals surface area contributed by atoms with Crippen molar-refractivity contribution in [1.82, 2.24) is 9.88 Å². The van der Waals surface area contributed by atoms with Crippen molar-refractivity contribution in [1.29, 1.82) is 0 Å². The van der Waals surface area contributed by atoms with Crippen LogP contribution in [0.2, 0.25) is 0 Å². The lowest BCUT2D eigenvalue weighted by atomic mass is 9.93. The molecule has 1 aromatic rings. The van der Waals surface area contributed by atoms with Crippen molar-refractivity contribution in [2.45, 2.75) is 27.2 Å². The first-order valence-corrected chi connectivity index (χ1v) is 10.2. The number of thiazole rings is 1. The Labute approximate surface area is 135 Å². The second-order valence-corrected chi connectivity index (χ2v) is 10.9. The van der Waals surface area contributed by atoms with Gasteiger partial charge in [0.25, 0.3) is 5.91 Å². The highest BCUT2D eigenvalue weighted by Gasteiger charge is 2.45. The molecule has 0 radical (unpaired) electrons. The van der Waals surface area contributed by atoms with Crippen molar-refractivity contribution < 1.29 is 13.2 Å². The molecule has 0 aromatic carbocycles. The lowest BCUT2D eigenvalue weighted by Gasteiger charge is -2.16. The van der Waals surface area contributed by atoms with Gasteiger partial charge in [0.05, 0.1) is 22.7 Å². The molecule has 0 N–H and O–H groups in total. The normalized spacial score (nSPS) is 27.1. The van der Waals surface area contributed by atoms with Crippen molar-refractivity contribution in [2.24, 2.45) is 17.3 Å². The molecule has 2 atom stereocenters. The fourth-order valence-corrected chi connectivity index (χ4v) is 6.69. The Kier molecular flexibility index (Phi) is 3.84. The average Bonchev–Trinajstić information content (AvgIpc) is 2.98. The number of rotatable bonds is 2. The van der Waals surface area contributed by atoms with E-state index in [4.69, 9.17) is 0 Å². The van der Waals surface area contributed by atoms with Gasteiger partial charge in [-0.3, -0.25) is 4.79 Å². The highest BCUT2D eigenvalue weighted by atomic mass is 32.2. The highest BCUT2D eigenvalue weighted by molar-refractivity contribution is 7.91. The molecular weight excluding hydrogens is 320 g/mol. The molecule has 3 heterocycles. The zero-order valence-electron chi connectivity index (χ0n) is 13.2. The number of aromatic nitrogens is 1. The Morgan fingerprint density at radius 3 is 2.45 bits per heavy atom. The first-order chi connectivity index (χ1) is 10.1. The summed E-state index contributed by atoms with van der Waals surface area (Å²) in [6.07, 6.45) is 2.52.